The van der Waals surface area contributed by atoms with E-state index in [1.165, 1.54) is 0 Å². The average molecular weight is 334 g/mol. The Hall–Kier alpha value is -2.20. The number of hydrogen-bond acceptors (Lipinski definition) is 3. The summed E-state index contributed by atoms with van der Waals surface area (Å²) >= 11 is 6.01. The maximum atomic E-state index is 12.3. The summed E-state index contributed by atoms with van der Waals surface area (Å²) in [5.74, 6) is 1.03. The van der Waals surface area contributed by atoms with E-state index < -0.39 is 0 Å². The number of hydrogen-bond donors (Lipinski definition) is 0. The molecule has 0 radical (unpaired) electrons. The van der Waals surface area contributed by atoms with Crippen molar-refractivity contribution >= 4 is 17.5 Å². The van der Waals surface area contributed by atoms with Gasteiger partial charge >= 0.3 is 0 Å². The number of methoxy groups -OCH3 is 1. The van der Waals surface area contributed by atoms with Crippen molar-refractivity contribution in [3.63, 3.8) is 0 Å². The van der Waals surface area contributed by atoms with Crippen molar-refractivity contribution in [2.75, 3.05) is 20.8 Å². The predicted octanol–water partition coefficient (Wildman–Crippen LogP) is 3.95. The van der Waals surface area contributed by atoms with Gasteiger partial charge in [-0.2, -0.15) is 0 Å². The van der Waals surface area contributed by atoms with Crippen LogP contribution in [-0.2, 0) is 4.79 Å². The van der Waals surface area contributed by atoms with Crippen LogP contribution in [0.15, 0.2) is 48.5 Å². The number of para-hydroxylation sites is 2. The number of carbonyl (C=O) groups is 1. The molecule has 4 nitrogen and oxygen atoms in total. The summed E-state index contributed by atoms with van der Waals surface area (Å²) in [4.78, 5) is 14.0. The Balaban J connectivity index is 2.00. The molecule has 0 aliphatic heterocycles. The molecule has 0 bridgehead atoms. The number of benzene rings is 2. The van der Waals surface area contributed by atoms with E-state index in [2.05, 4.69) is 0 Å². The minimum Gasteiger partial charge on any atom is -0.493 e. The second-order valence-electron chi connectivity index (χ2n) is 5.18. The van der Waals surface area contributed by atoms with Crippen LogP contribution in [0.1, 0.15) is 18.5 Å². The van der Waals surface area contributed by atoms with E-state index in [4.69, 9.17) is 21.1 Å². The summed E-state index contributed by atoms with van der Waals surface area (Å²) in [5, 5.41) is 0.653. The van der Waals surface area contributed by atoms with Gasteiger partial charge in [0, 0.05) is 12.1 Å². The van der Waals surface area contributed by atoms with Gasteiger partial charge in [0.1, 0.15) is 0 Å². The van der Waals surface area contributed by atoms with Crippen LogP contribution in [0.2, 0.25) is 5.02 Å². The fraction of sp³-hybridized carbons (Fsp3) is 0.278. The third kappa shape index (κ3) is 4.39. The van der Waals surface area contributed by atoms with E-state index in [0.29, 0.717) is 16.5 Å². The molecule has 0 saturated carbocycles. The largest absolute Gasteiger partial charge is 0.493 e. The molecule has 1 amide bonds. The molecule has 23 heavy (non-hydrogen) atoms. The molecule has 0 fully saturated rings. The van der Waals surface area contributed by atoms with E-state index in [1.54, 1.807) is 31.2 Å². The third-order valence-corrected chi connectivity index (χ3v) is 3.96. The van der Waals surface area contributed by atoms with Crippen LogP contribution in [0.3, 0.4) is 0 Å². The van der Waals surface area contributed by atoms with Crippen LogP contribution in [0.25, 0.3) is 0 Å². The van der Waals surface area contributed by atoms with Gasteiger partial charge in [0.15, 0.2) is 18.1 Å². The van der Waals surface area contributed by atoms with Gasteiger partial charge in [0.2, 0.25) is 0 Å². The molecule has 2 rings (SSSR count). The zero-order valence-electron chi connectivity index (χ0n) is 13.5. The topological polar surface area (TPSA) is 38.8 Å². The van der Waals surface area contributed by atoms with E-state index in [1.807, 2.05) is 43.3 Å². The molecule has 122 valence electrons. The van der Waals surface area contributed by atoms with E-state index in [0.717, 1.165) is 5.56 Å². The van der Waals surface area contributed by atoms with Gasteiger partial charge in [-0.3, -0.25) is 4.79 Å². The molecule has 0 aliphatic carbocycles. The van der Waals surface area contributed by atoms with Crippen molar-refractivity contribution in [3.05, 3.63) is 59.1 Å². The van der Waals surface area contributed by atoms with Gasteiger partial charge in [-0.05, 0) is 36.8 Å². The first-order chi connectivity index (χ1) is 11.0. The Morgan fingerprint density at radius 1 is 1.17 bits per heavy atom. The van der Waals surface area contributed by atoms with Crippen molar-refractivity contribution in [3.8, 4) is 11.5 Å². The summed E-state index contributed by atoms with van der Waals surface area (Å²) in [6, 6.07) is 14.6. The molecule has 2 aromatic rings. The second-order valence-corrected chi connectivity index (χ2v) is 5.61. The predicted molar refractivity (Wildman–Crippen MR) is 91.1 cm³/mol. The smallest absolute Gasteiger partial charge is 0.260 e. The number of carbonyl (C=O) groups excluding carboxylic acids is 1. The SMILES string of the molecule is COc1ccccc1OCC(=O)N(C)C(C)c1cccc(Cl)c1. The fourth-order valence-corrected chi connectivity index (χ4v) is 2.38. The number of halogens is 1. The van der Waals surface area contributed by atoms with Crippen molar-refractivity contribution in [1.29, 1.82) is 0 Å². The van der Waals surface area contributed by atoms with Crippen molar-refractivity contribution in [2.45, 2.75) is 13.0 Å². The molecule has 0 heterocycles. The fourth-order valence-electron chi connectivity index (χ4n) is 2.19. The summed E-state index contributed by atoms with van der Waals surface area (Å²) in [5.41, 5.74) is 0.977. The zero-order chi connectivity index (χ0) is 16.8. The number of rotatable bonds is 6. The first kappa shape index (κ1) is 17.2. The highest BCUT2D eigenvalue weighted by molar-refractivity contribution is 6.30. The van der Waals surface area contributed by atoms with Crippen molar-refractivity contribution in [1.82, 2.24) is 4.90 Å². The first-order valence-electron chi connectivity index (χ1n) is 7.30. The molecule has 2 aromatic carbocycles. The van der Waals surface area contributed by atoms with Gasteiger partial charge < -0.3 is 14.4 Å². The number of ether oxygens (including phenoxy) is 2. The monoisotopic (exact) mass is 333 g/mol. The van der Waals surface area contributed by atoms with Gasteiger partial charge in [-0.15, -0.1) is 0 Å². The molecule has 0 spiro atoms. The van der Waals surface area contributed by atoms with Crippen LogP contribution in [-0.4, -0.2) is 31.6 Å². The highest BCUT2D eigenvalue weighted by atomic mass is 35.5. The maximum absolute atomic E-state index is 12.3. The standard InChI is InChI=1S/C18H20ClNO3/c1-13(14-7-6-8-15(19)11-14)20(2)18(21)12-23-17-10-5-4-9-16(17)22-3/h4-11,13H,12H2,1-3H3. The Bertz CT molecular complexity index is 675. The Morgan fingerprint density at radius 2 is 1.87 bits per heavy atom. The molecule has 0 aliphatic rings. The van der Waals surface area contributed by atoms with Crippen LogP contribution < -0.4 is 9.47 Å². The van der Waals surface area contributed by atoms with Crippen LogP contribution in [0.4, 0.5) is 0 Å². The van der Waals surface area contributed by atoms with Crippen molar-refractivity contribution in [2.24, 2.45) is 0 Å². The van der Waals surface area contributed by atoms with Gasteiger partial charge in [-0.25, -0.2) is 0 Å². The number of nitrogens with zero attached hydrogens (tertiary/aromatic N) is 1. The van der Waals surface area contributed by atoms with Crippen molar-refractivity contribution < 1.29 is 14.3 Å². The Labute approximate surface area is 141 Å². The molecular formula is C18H20ClNO3. The minimum absolute atomic E-state index is 0.0538. The molecule has 1 unspecified atom stereocenters. The van der Waals surface area contributed by atoms with E-state index in [9.17, 15) is 4.79 Å². The molecule has 1 atom stereocenters. The minimum atomic E-state index is -0.122. The Kier molecular flexibility index (Phi) is 5.88. The summed E-state index contributed by atoms with van der Waals surface area (Å²) in [7, 11) is 3.32. The molecular weight excluding hydrogens is 314 g/mol. The number of amides is 1. The third-order valence-electron chi connectivity index (χ3n) is 3.73. The normalized spacial score (nSPS) is 11.7. The van der Waals surface area contributed by atoms with Crippen LogP contribution in [0, 0.1) is 0 Å². The molecule has 0 N–H and O–H groups in total. The molecule has 0 saturated heterocycles. The first-order valence-corrected chi connectivity index (χ1v) is 7.67. The lowest BCUT2D eigenvalue weighted by atomic mass is 10.1. The highest BCUT2D eigenvalue weighted by Crippen LogP contribution is 2.26. The van der Waals surface area contributed by atoms with Crippen LogP contribution in [0.5, 0.6) is 11.5 Å². The summed E-state index contributed by atoms with van der Waals surface area (Å²) < 4.78 is 10.8. The second kappa shape index (κ2) is 7.88. The lowest BCUT2D eigenvalue weighted by Gasteiger charge is -2.25. The van der Waals surface area contributed by atoms with Crippen LogP contribution >= 0.6 is 11.6 Å². The zero-order valence-corrected chi connectivity index (χ0v) is 14.2. The summed E-state index contributed by atoms with van der Waals surface area (Å²) in [6.45, 7) is 1.90. The Morgan fingerprint density at radius 3 is 2.52 bits per heavy atom. The molecule has 0 aromatic heterocycles. The van der Waals surface area contributed by atoms with Gasteiger partial charge in [0.25, 0.3) is 5.91 Å². The summed E-state index contributed by atoms with van der Waals surface area (Å²) in [6.07, 6.45) is 0. The van der Waals surface area contributed by atoms with E-state index in [-0.39, 0.29) is 18.6 Å². The van der Waals surface area contributed by atoms with Gasteiger partial charge in [-0.1, -0.05) is 35.9 Å². The quantitative estimate of drug-likeness (QED) is 0.803. The lowest BCUT2D eigenvalue weighted by molar-refractivity contribution is -0.134. The van der Waals surface area contributed by atoms with Gasteiger partial charge in [0.05, 0.1) is 13.2 Å². The average Bonchev–Trinajstić information content (AvgIpc) is 2.58. The van der Waals surface area contributed by atoms with E-state index >= 15 is 0 Å². The lowest BCUT2D eigenvalue weighted by Crippen LogP contribution is -2.33. The molecule has 5 heteroatoms. The number of likely N-dealkylation sites (N-methyl/N-ethyl adjacent to an activating group) is 1. The highest BCUT2D eigenvalue weighted by Gasteiger charge is 2.18. The maximum Gasteiger partial charge on any atom is 0.260 e.